The Morgan fingerprint density at radius 2 is 2.19 bits per heavy atom. The molecule has 1 aliphatic rings. The number of nitrogens with zero attached hydrogens (tertiary/aromatic N) is 1. The lowest BCUT2D eigenvalue weighted by atomic mass is 10.0. The van der Waals surface area contributed by atoms with Crippen LogP contribution in [0.2, 0.25) is 0 Å². The van der Waals surface area contributed by atoms with Crippen LogP contribution in [0.5, 0.6) is 0 Å². The van der Waals surface area contributed by atoms with Crippen LogP contribution >= 0.6 is 0 Å². The molecular formula is C10H11NO4S. The summed E-state index contributed by atoms with van der Waals surface area (Å²) in [5, 5.41) is 8.69. The summed E-state index contributed by atoms with van der Waals surface area (Å²) in [7, 11) is -2.93. The van der Waals surface area contributed by atoms with Crippen molar-refractivity contribution in [3.05, 3.63) is 29.6 Å². The topological polar surface area (TPSA) is 84.3 Å². The third kappa shape index (κ3) is 2.21. The molecule has 5 nitrogen and oxygen atoms in total. The molecular weight excluding hydrogens is 230 g/mol. The highest BCUT2D eigenvalue weighted by molar-refractivity contribution is 7.91. The lowest BCUT2D eigenvalue weighted by molar-refractivity contribution is 0.0696. The van der Waals surface area contributed by atoms with Gasteiger partial charge in [0.05, 0.1) is 17.1 Å². The number of rotatable bonds is 2. The standard InChI is InChI=1S/C10H11NO4S/c12-10(13)7-1-2-9(11-5-7)8-3-4-16(14,15)6-8/h1-2,5,8H,3-4,6H2,(H,12,13). The van der Waals surface area contributed by atoms with Crippen molar-refractivity contribution >= 4 is 15.8 Å². The molecule has 1 unspecified atom stereocenters. The maximum Gasteiger partial charge on any atom is 0.337 e. The Kier molecular flexibility index (Phi) is 2.67. The quantitative estimate of drug-likeness (QED) is 0.823. The van der Waals surface area contributed by atoms with E-state index in [1.54, 1.807) is 6.07 Å². The second kappa shape index (κ2) is 3.86. The summed E-state index contributed by atoms with van der Waals surface area (Å²) >= 11 is 0. The molecule has 1 N–H and O–H groups in total. The van der Waals surface area contributed by atoms with Gasteiger partial charge in [0.15, 0.2) is 9.84 Å². The molecule has 0 aromatic carbocycles. The van der Waals surface area contributed by atoms with E-state index in [4.69, 9.17) is 5.11 Å². The van der Waals surface area contributed by atoms with Gasteiger partial charge < -0.3 is 5.11 Å². The number of carboxylic acids is 1. The Hall–Kier alpha value is -1.43. The minimum atomic E-state index is -2.93. The van der Waals surface area contributed by atoms with Gasteiger partial charge >= 0.3 is 5.97 Å². The van der Waals surface area contributed by atoms with E-state index in [9.17, 15) is 13.2 Å². The number of pyridine rings is 1. The van der Waals surface area contributed by atoms with Crippen molar-refractivity contribution in [2.75, 3.05) is 11.5 Å². The highest BCUT2D eigenvalue weighted by Gasteiger charge is 2.29. The molecule has 0 aliphatic carbocycles. The molecule has 6 heteroatoms. The third-order valence-electron chi connectivity index (χ3n) is 2.68. The molecule has 1 saturated heterocycles. The predicted octanol–water partition coefficient (Wildman–Crippen LogP) is 0.682. The first-order chi connectivity index (χ1) is 7.48. The molecule has 1 atom stereocenters. The van der Waals surface area contributed by atoms with E-state index in [2.05, 4.69) is 4.98 Å². The molecule has 0 spiro atoms. The van der Waals surface area contributed by atoms with Gasteiger partial charge in [0.1, 0.15) is 0 Å². The summed E-state index contributed by atoms with van der Waals surface area (Å²) in [6, 6.07) is 3.05. The molecule has 1 aromatic rings. The molecule has 0 saturated carbocycles. The van der Waals surface area contributed by atoms with Gasteiger partial charge in [0, 0.05) is 17.8 Å². The minimum Gasteiger partial charge on any atom is -0.478 e. The van der Waals surface area contributed by atoms with Gasteiger partial charge in [-0.3, -0.25) is 4.98 Å². The van der Waals surface area contributed by atoms with Crippen LogP contribution < -0.4 is 0 Å². The Labute approximate surface area is 93.1 Å². The number of carboxylic acid groups (broad SMARTS) is 1. The van der Waals surface area contributed by atoms with Crippen LogP contribution in [-0.4, -0.2) is 36.0 Å². The van der Waals surface area contributed by atoms with Gasteiger partial charge in [-0.15, -0.1) is 0 Å². The molecule has 16 heavy (non-hydrogen) atoms. The number of hydrogen-bond acceptors (Lipinski definition) is 4. The monoisotopic (exact) mass is 241 g/mol. The number of aromatic nitrogens is 1. The van der Waals surface area contributed by atoms with E-state index in [0.29, 0.717) is 12.1 Å². The van der Waals surface area contributed by atoms with Crippen LogP contribution in [0, 0.1) is 0 Å². The summed E-state index contributed by atoms with van der Waals surface area (Å²) in [6.45, 7) is 0. The first kappa shape index (κ1) is 11.1. The zero-order valence-corrected chi connectivity index (χ0v) is 9.27. The molecule has 86 valence electrons. The fourth-order valence-corrected chi connectivity index (χ4v) is 3.56. The molecule has 0 amide bonds. The van der Waals surface area contributed by atoms with Gasteiger partial charge in [-0.05, 0) is 18.6 Å². The van der Waals surface area contributed by atoms with Crippen LogP contribution in [0.4, 0.5) is 0 Å². The third-order valence-corrected chi connectivity index (χ3v) is 4.45. The molecule has 1 fully saturated rings. The van der Waals surface area contributed by atoms with E-state index >= 15 is 0 Å². The summed E-state index contributed by atoms with van der Waals surface area (Å²) in [5.41, 5.74) is 0.774. The van der Waals surface area contributed by atoms with E-state index in [1.165, 1.54) is 12.3 Å². The highest BCUT2D eigenvalue weighted by Crippen LogP contribution is 2.27. The van der Waals surface area contributed by atoms with Gasteiger partial charge in [0.25, 0.3) is 0 Å². The largest absolute Gasteiger partial charge is 0.478 e. The maximum absolute atomic E-state index is 11.3. The maximum atomic E-state index is 11.3. The van der Waals surface area contributed by atoms with Crippen molar-refractivity contribution < 1.29 is 18.3 Å². The molecule has 0 radical (unpaired) electrons. The Bertz CT molecular complexity index is 506. The number of carbonyl (C=O) groups is 1. The SMILES string of the molecule is O=C(O)c1ccc(C2CCS(=O)(=O)C2)nc1. The minimum absolute atomic E-state index is 0.0900. The van der Waals surface area contributed by atoms with Crippen molar-refractivity contribution in [3.63, 3.8) is 0 Å². The zero-order valence-electron chi connectivity index (χ0n) is 8.46. The van der Waals surface area contributed by atoms with Crippen molar-refractivity contribution in [2.24, 2.45) is 0 Å². The summed E-state index contributed by atoms with van der Waals surface area (Å²) < 4.78 is 22.5. The first-order valence-corrected chi connectivity index (χ1v) is 6.70. The van der Waals surface area contributed by atoms with Crippen LogP contribution in [0.25, 0.3) is 0 Å². The Balaban J connectivity index is 2.20. The fourth-order valence-electron chi connectivity index (χ4n) is 1.80. The van der Waals surface area contributed by atoms with Gasteiger partial charge in [0.2, 0.25) is 0 Å². The predicted molar refractivity (Wildman–Crippen MR) is 57.2 cm³/mol. The average Bonchev–Trinajstić information content (AvgIpc) is 2.59. The molecule has 2 heterocycles. The van der Waals surface area contributed by atoms with E-state index < -0.39 is 15.8 Å². The molecule has 1 aliphatic heterocycles. The lowest BCUT2D eigenvalue weighted by Gasteiger charge is -2.06. The molecule has 0 bridgehead atoms. The second-order valence-electron chi connectivity index (χ2n) is 3.88. The Morgan fingerprint density at radius 1 is 1.44 bits per heavy atom. The van der Waals surface area contributed by atoms with Crippen LogP contribution in [-0.2, 0) is 9.84 Å². The number of hydrogen-bond donors (Lipinski definition) is 1. The van der Waals surface area contributed by atoms with Gasteiger partial charge in [-0.25, -0.2) is 13.2 Å². The van der Waals surface area contributed by atoms with Crippen molar-refractivity contribution in [1.29, 1.82) is 0 Å². The van der Waals surface area contributed by atoms with E-state index in [1.807, 2.05) is 0 Å². The summed E-state index contributed by atoms with van der Waals surface area (Å²) in [4.78, 5) is 14.6. The first-order valence-electron chi connectivity index (χ1n) is 4.87. The van der Waals surface area contributed by atoms with Gasteiger partial charge in [-0.1, -0.05) is 0 Å². The van der Waals surface area contributed by atoms with Crippen LogP contribution in [0.3, 0.4) is 0 Å². The van der Waals surface area contributed by atoms with Crippen molar-refractivity contribution in [3.8, 4) is 0 Å². The van der Waals surface area contributed by atoms with E-state index in [-0.39, 0.29) is 23.0 Å². The lowest BCUT2D eigenvalue weighted by Crippen LogP contribution is -2.06. The second-order valence-corrected chi connectivity index (χ2v) is 6.11. The smallest absolute Gasteiger partial charge is 0.337 e. The molecule has 1 aromatic heterocycles. The highest BCUT2D eigenvalue weighted by atomic mass is 32.2. The van der Waals surface area contributed by atoms with Crippen molar-refractivity contribution in [2.45, 2.75) is 12.3 Å². The zero-order chi connectivity index (χ0) is 11.8. The Morgan fingerprint density at radius 3 is 2.62 bits per heavy atom. The van der Waals surface area contributed by atoms with E-state index in [0.717, 1.165) is 0 Å². The van der Waals surface area contributed by atoms with Crippen LogP contribution in [0.1, 0.15) is 28.4 Å². The fraction of sp³-hybridized carbons (Fsp3) is 0.400. The summed E-state index contributed by atoms with van der Waals surface area (Å²) in [6.07, 6.45) is 1.84. The summed E-state index contributed by atoms with van der Waals surface area (Å²) in [5.74, 6) is -0.808. The average molecular weight is 241 g/mol. The normalized spacial score (nSPS) is 23.1. The molecule has 2 rings (SSSR count). The van der Waals surface area contributed by atoms with Crippen LogP contribution in [0.15, 0.2) is 18.3 Å². The van der Waals surface area contributed by atoms with Crippen molar-refractivity contribution in [1.82, 2.24) is 4.98 Å². The number of sulfone groups is 1. The number of aromatic carboxylic acids is 1. The van der Waals surface area contributed by atoms with Gasteiger partial charge in [-0.2, -0.15) is 0 Å².